The van der Waals surface area contributed by atoms with E-state index in [2.05, 4.69) is 25.8 Å². The topological polar surface area (TPSA) is 105 Å². The summed E-state index contributed by atoms with van der Waals surface area (Å²) < 4.78 is 10.6. The van der Waals surface area contributed by atoms with Gasteiger partial charge >= 0.3 is 6.09 Å². The lowest BCUT2D eigenvalue weighted by atomic mass is 10.2. The second-order valence-corrected chi connectivity index (χ2v) is 9.56. The molecule has 33 heavy (non-hydrogen) atoms. The van der Waals surface area contributed by atoms with Crippen molar-refractivity contribution in [3.05, 3.63) is 40.3 Å². The van der Waals surface area contributed by atoms with E-state index in [1.165, 1.54) is 11.3 Å². The maximum absolute atomic E-state index is 12.6. The van der Waals surface area contributed by atoms with Crippen LogP contribution in [-0.2, 0) is 16.0 Å². The molecule has 9 nitrogen and oxygen atoms in total. The van der Waals surface area contributed by atoms with E-state index in [1.54, 1.807) is 43.8 Å². The zero-order chi connectivity index (χ0) is 23.7. The van der Waals surface area contributed by atoms with Crippen molar-refractivity contribution >= 4 is 34.7 Å². The van der Waals surface area contributed by atoms with E-state index < -0.39 is 11.7 Å². The van der Waals surface area contributed by atoms with E-state index in [0.717, 1.165) is 51.4 Å². The molecule has 0 unspecified atom stereocenters. The number of rotatable bonds is 9. The molecule has 0 spiro atoms. The fourth-order valence-corrected chi connectivity index (χ4v) is 3.95. The highest BCUT2D eigenvalue weighted by molar-refractivity contribution is 7.09. The van der Waals surface area contributed by atoms with Crippen molar-refractivity contribution < 1.29 is 19.1 Å². The first-order valence-corrected chi connectivity index (χ1v) is 12.1. The number of carbonyl (C=O) groups is 2. The van der Waals surface area contributed by atoms with Crippen molar-refractivity contribution in [1.29, 1.82) is 0 Å². The lowest BCUT2D eigenvalue weighted by Crippen LogP contribution is -2.37. The first kappa shape index (κ1) is 25.1. The van der Waals surface area contributed by atoms with E-state index in [4.69, 9.17) is 9.47 Å². The highest BCUT2D eigenvalue weighted by atomic mass is 32.1. The largest absolute Gasteiger partial charge is 0.444 e. The second kappa shape index (κ2) is 12.1. The molecule has 180 valence electrons. The van der Waals surface area contributed by atoms with E-state index >= 15 is 0 Å². The molecule has 10 heteroatoms. The quantitative estimate of drug-likeness (QED) is 0.476. The summed E-state index contributed by atoms with van der Waals surface area (Å²) in [6.07, 6.45) is 2.21. The van der Waals surface area contributed by atoms with Gasteiger partial charge in [-0.3, -0.25) is 20.0 Å². The molecule has 1 fully saturated rings. The maximum Gasteiger partial charge on any atom is 0.412 e. The molecule has 0 atom stereocenters. The zero-order valence-electron chi connectivity index (χ0n) is 19.5. The lowest BCUT2D eigenvalue weighted by molar-refractivity contribution is 0.0374. The lowest BCUT2D eigenvalue weighted by Gasteiger charge is -2.26. The molecule has 0 saturated carbocycles. The van der Waals surface area contributed by atoms with Crippen molar-refractivity contribution in [2.24, 2.45) is 0 Å². The van der Waals surface area contributed by atoms with Crippen molar-refractivity contribution in [2.45, 2.75) is 39.3 Å². The Morgan fingerprint density at radius 2 is 1.88 bits per heavy atom. The number of amides is 2. The Morgan fingerprint density at radius 3 is 2.55 bits per heavy atom. The van der Waals surface area contributed by atoms with E-state index in [1.807, 2.05) is 6.07 Å². The number of carbonyl (C=O) groups excluding carboxylic acids is 2. The molecule has 0 aliphatic carbocycles. The molecule has 0 bridgehead atoms. The number of anilines is 2. The Labute approximate surface area is 198 Å². The van der Waals surface area contributed by atoms with Gasteiger partial charge in [-0.05, 0) is 51.9 Å². The maximum atomic E-state index is 12.6. The smallest absolute Gasteiger partial charge is 0.412 e. The average molecular weight is 476 g/mol. The monoisotopic (exact) mass is 475 g/mol. The van der Waals surface area contributed by atoms with Crippen LogP contribution in [0.2, 0.25) is 0 Å². The molecule has 3 rings (SSSR count). The minimum absolute atomic E-state index is 0.306. The Hall–Kier alpha value is -2.53. The van der Waals surface area contributed by atoms with Gasteiger partial charge in [0.2, 0.25) is 0 Å². The molecule has 2 aromatic heterocycles. The molecule has 1 aliphatic rings. The Morgan fingerprint density at radius 1 is 1.15 bits per heavy atom. The van der Waals surface area contributed by atoms with Crippen molar-refractivity contribution in [2.75, 3.05) is 50.0 Å². The van der Waals surface area contributed by atoms with E-state index in [0.29, 0.717) is 23.6 Å². The standard InChI is InChI=1S/C23H33N5O4S/c1-23(2,3)32-22(30)27-20-16-33-15-19(20)26-21(29)18-6-5-17(14-25-18)13-24-7-4-8-28-9-11-31-12-10-28/h5-6,14-16,24H,4,7-13H2,1-3H3,(H,26,29)(H,27,30). The summed E-state index contributed by atoms with van der Waals surface area (Å²) in [5, 5.41) is 12.4. The van der Waals surface area contributed by atoms with Gasteiger partial charge in [-0.1, -0.05) is 6.07 Å². The fourth-order valence-electron chi connectivity index (χ4n) is 3.24. The predicted molar refractivity (Wildman–Crippen MR) is 130 cm³/mol. The number of hydrogen-bond acceptors (Lipinski definition) is 8. The van der Waals surface area contributed by atoms with E-state index in [-0.39, 0.29) is 5.91 Å². The van der Waals surface area contributed by atoms with Crippen LogP contribution in [0.3, 0.4) is 0 Å². The van der Waals surface area contributed by atoms with Gasteiger partial charge in [0.15, 0.2) is 0 Å². The zero-order valence-corrected chi connectivity index (χ0v) is 20.3. The summed E-state index contributed by atoms with van der Waals surface area (Å²) in [4.78, 5) is 31.3. The normalized spacial score (nSPS) is 14.6. The van der Waals surface area contributed by atoms with Crippen molar-refractivity contribution in [1.82, 2.24) is 15.2 Å². The number of nitrogens with zero attached hydrogens (tertiary/aromatic N) is 2. The number of thiophene rings is 1. The highest BCUT2D eigenvalue weighted by Crippen LogP contribution is 2.27. The Bertz CT molecular complexity index is 904. The molecule has 2 aromatic rings. The third-order valence-electron chi connectivity index (χ3n) is 4.86. The van der Waals surface area contributed by atoms with Gasteiger partial charge < -0.3 is 20.1 Å². The Balaban J connectivity index is 1.42. The van der Waals surface area contributed by atoms with Gasteiger partial charge in [0, 0.05) is 36.6 Å². The molecule has 0 aromatic carbocycles. The summed E-state index contributed by atoms with van der Waals surface area (Å²) in [6, 6.07) is 3.60. The summed E-state index contributed by atoms with van der Waals surface area (Å²) in [7, 11) is 0. The predicted octanol–water partition coefficient (Wildman–Crippen LogP) is 3.55. The summed E-state index contributed by atoms with van der Waals surface area (Å²) in [6.45, 7) is 11.7. The molecule has 1 saturated heterocycles. The first-order valence-electron chi connectivity index (χ1n) is 11.1. The van der Waals surface area contributed by atoms with Crippen LogP contribution < -0.4 is 16.0 Å². The van der Waals surface area contributed by atoms with E-state index in [9.17, 15) is 9.59 Å². The van der Waals surface area contributed by atoms with Crippen LogP contribution in [0, 0.1) is 0 Å². The molecule has 0 radical (unpaired) electrons. The number of nitrogens with one attached hydrogen (secondary N) is 3. The summed E-state index contributed by atoms with van der Waals surface area (Å²) in [5.41, 5.74) is 1.71. The van der Waals surface area contributed by atoms with Gasteiger partial charge in [-0.15, -0.1) is 11.3 Å². The number of aromatic nitrogens is 1. The highest BCUT2D eigenvalue weighted by Gasteiger charge is 2.18. The van der Waals surface area contributed by atoms with Crippen LogP contribution in [-0.4, -0.2) is 66.9 Å². The number of pyridine rings is 1. The van der Waals surface area contributed by atoms with Crippen molar-refractivity contribution in [3.8, 4) is 0 Å². The fraction of sp³-hybridized carbons (Fsp3) is 0.522. The molecular weight excluding hydrogens is 442 g/mol. The van der Waals surface area contributed by atoms with Crippen LogP contribution in [0.25, 0.3) is 0 Å². The third-order valence-corrected chi connectivity index (χ3v) is 5.61. The van der Waals surface area contributed by atoms with Gasteiger partial charge in [-0.25, -0.2) is 4.79 Å². The minimum atomic E-state index is -0.604. The van der Waals surface area contributed by atoms with Crippen LogP contribution in [0.15, 0.2) is 29.1 Å². The average Bonchev–Trinajstić information content (AvgIpc) is 3.19. The van der Waals surface area contributed by atoms with Gasteiger partial charge in [0.25, 0.3) is 5.91 Å². The van der Waals surface area contributed by atoms with Gasteiger partial charge in [0.1, 0.15) is 11.3 Å². The number of hydrogen-bond donors (Lipinski definition) is 3. The summed E-state index contributed by atoms with van der Waals surface area (Å²) in [5.74, 6) is -0.342. The third kappa shape index (κ3) is 8.73. The number of morpholine rings is 1. The van der Waals surface area contributed by atoms with Gasteiger partial charge in [-0.2, -0.15) is 0 Å². The molecule has 2 amide bonds. The van der Waals surface area contributed by atoms with Gasteiger partial charge in [0.05, 0.1) is 24.6 Å². The molecular formula is C23H33N5O4S. The van der Waals surface area contributed by atoms with Crippen LogP contribution in [0.5, 0.6) is 0 Å². The Kier molecular flexibility index (Phi) is 9.19. The van der Waals surface area contributed by atoms with Crippen LogP contribution >= 0.6 is 11.3 Å². The summed E-state index contributed by atoms with van der Waals surface area (Å²) >= 11 is 1.36. The number of ether oxygens (including phenoxy) is 2. The van der Waals surface area contributed by atoms with Crippen molar-refractivity contribution in [3.63, 3.8) is 0 Å². The molecule has 3 heterocycles. The van der Waals surface area contributed by atoms with Crippen LogP contribution in [0.1, 0.15) is 43.2 Å². The molecule has 1 aliphatic heterocycles. The molecule has 3 N–H and O–H groups in total. The second-order valence-electron chi connectivity index (χ2n) is 8.82. The van der Waals surface area contributed by atoms with Crippen LogP contribution in [0.4, 0.5) is 16.2 Å². The minimum Gasteiger partial charge on any atom is -0.444 e. The SMILES string of the molecule is CC(C)(C)OC(=O)Nc1cscc1NC(=O)c1ccc(CNCCCN2CCOCC2)cn1. The first-order chi connectivity index (χ1) is 15.8.